The van der Waals surface area contributed by atoms with Gasteiger partial charge in [0.05, 0.1) is 11.3 Å². The Kier molecular flexibility index (Phi) is 4.64. The van der Waals surface area contributed by atoms with Crippen LogP contribution in [0.5, 0.6) is 11.5 Å². The maximum absolute atomic E-state index is 13.1. The van der Waals surface area contributed by atoms with Crippen LogP contribution in [0.15, 0.2) is 54.9 Å². The highest BCUT2D eigenvalue weighted by Gasteiger charge is 2.33. The van der Waals surface area contributed by atoms with Crippen molar-refractivity contribution in [2.45, 2.75) is 12.7 Å². The number of nitrogens with zero attached hydrogens (tertiary/aromatic N) is 2. The monoisotopic (exact) mass is 388 g/mol. The number of rotatable bonds is 5. The van der Waals surface area contributed by atoms with Gasteiger partial charge in [-0.3, -0.25) is 0 Å². The van der Waals surface area contributed by atoms with Crippen LogP contribution in [0.3, 0.4) is 0 Å². The molecule has 0 spiro atoms. The first-order chi connectivity index (χ1) is 13.5. The summed E-state index contributed by atoms with van der Waals surface area (Å²) in [6.45, 7) is 0.652. The van der Waals surface area contributed by atoms with Crippen molar-refractivity contribution in [2.24, 2.45) is 0 Å². The highest BCUT2D eigenvalue weighted by atomic mass is 19.4. The van der Waals surface area contributed by atoms with Gasteiger partial charge < -0.3 is 20.1 Å². The molecule has 3 aromatic rings. The van der Waals surface area contributed by atoms with Gasteiger partial charge in [0, 0.05) is 12.6 Å². The summed E-state index contributed by atoms with van der Waals surface area (Å²) >= 11 is 0. The van der Waals surface area contributed by atoms with E-state index in [0.717, 1.165) is 11.6 Å². The minimum Gasteiger partial charge on any atom is -0.454 e. The van der Waals surface area contributed by atoms with Crippen molar-refractivity contribution < 1.29 is 22.6 Å². The Hall–Kier alpha value is -3.49. The molecule has 6 nitrogen and oxygen atoms in total. The van der Waals surface area contributed by atoms with E-state index in [2.05, 4.69) is 20.6 Å². The van der Waals surface area contributed by atoms with Crippen LogP contribution in [-0.2, 0) is 12.7 Å². The molecule has 1 aliphatic rings. The summed E-state index contributed by atoms with van der Waals surface area (Å²) in [6.07, 6.45) is -3.18. The van der Waals surface area contributed by atoms with Gasteiger partial charge in [0.15, 0.2) is 11.5 Å². The lowest BCUT2D eigenvalue weighted by Crippen LogP contribution is -2.09. The minimum atomic E-state index is -4.46. The predicted octanol–water partition coefficient (Wildman–Crippen LogP) is 4.58. The third-order valence-electron chi connectivity index (χ3n) is 4.07. The molecular formula is C19H15F3N4O2. The molecule has 0 amide bonds. The zero-order chi connectivity index (χ0) is 19.6. The molecule has 28 heavy (non-hydrogen) atoms. The first-order valence-corrected chi connectivity index (χ1v) is 8.37. The van der Waals surface area contributed by atoms with Gasteiger partial charge in [0.2, 0.25) is 6.79 Å². The maximum Gasteiger partial charge on any atom is 0.418 e. The van der Waals surface area contributed by atoms with Crippen LogP contribution in [0, 0.1) is 0 Å². The Morgan fingerprint density at radius 2 is 1.71 bits per heavy atom. The zero-order valence-corrected chi connectivity index (χ0v) is 14.5. The van der Waals surface area contributed by atoms with E-state index in [1.54, 1.807) is 6.07 Å². The van der Waals surface area contributed by atoms with Crippen molar-refractivity contribution in [2.75, 3.05) is 17.4 Å². The maximum atomic E-state index is 13.1. The van der Waals surface area contributed by atoms with E-state index in [-0.39, 0.29) is 18.3 Å². The molecule has 4 rings (SSSR count). The average Bonchev–Trinajstić information content (AvgIpc) is 3.14. The Morgan fingerprint density at radius 3 is 2.57 bits per heavy atom. The lowest BCUT2D eigenvalue weighted by Gasteiger charge is -2.14. The summed E-state index contributed by atoms with van der Waals surface area (Å²) in [5.74, 6) is 2.09. The molecule has 2 heterocycles. The standard InChI is InChI=1S/C19H15F3N4O2/c20-19(21,22)13-3-1-2-4-14(13)26-18-8-17(24-10-25-18)23-9-12-5-6-15-16(7-12)28-11-27-15/h1-8,10H,9,11H2,(H2,23,24,25,26). The van der Waals surface area contributed by atoms with Crippen LogP contribution < -0.4 is 20.1 Å². The van der Waals surface area contributed by atoms with Crippen molar-refractivity contribution in [3.05, 3.63) is 66.0 Å². The smallest absolute Gasteiger partial charge is 0.418 e. The number of halogens is 3. The molecule has 0 unspecified atom stereocenters. The normalized spacial score (nSPS) is 12.7. The fourth-order valence-corrected chi connectivity index (χ4v) is 2.74. The van der Waals surface area contributed by atoms with Crippen molar-refractivity contribution in [1.82, 2.24) is 9.97 Å². The van der Waals surface area contributed by atoms with Crippen molar-refractivity contribution in [3.8, 4) is 11.5 Å². The fourth-order valence-electron chi connectivity index (χ4n) is 2.74. The Labute approximate surface area is 158 Å². The van der Waals surface area contributed by atoms with Gasteiger partial charge in [0.25, 0.3) is 0 Å². The van der Waals surface area contributed by atoms with E-state index >= 15 is 0 Å². The van der Waals surface area contributed by atoms with Gasteiger partial charge in [-0.15, -0.1) is 0 Å². The number of fused-ring (bicyclic) bond motifs is 1. The molecule has 1 aliphatic heterocycles. The van der Waals surface area contributed by atoms with Crippen molar-refractivity contribution >= 4 is 17.3 Å². The lowest BCUT2D eigenvalue weighted by atomic mass is 10.1. The lowest BCUT2D eigenvalue weighted by molar-refractivity contribution is -0.136. The fraction of sp³-hybridized carbons (Fsp3) is 0.158. The van der Waals surface area contributed by atoms with Crippen LogP contribution in [0.2, 0.25) is 0 Å². The van der Waals surface area contributed by atoms with E-state index in [0.29, 0.717) is 23.9 Å². The minimum absolute atomic E-state index is 0.0737. The summed E-state index contributed by atoms with van der Waals surface area (Å²) in [7, 11) is 0. The zero-order valence-electron chi connectivity index (χ0n) is 14.5. The van der Waals surface area contributed by atoms with E-state index in [9.17, 15) is 13.2 Å². The first kappa shape index (κ1) is 17.9. The number of benzene rings is 2. The van der Waals surface area contributed by atoms with Crippen LogP contribution in [0.1, 0.15) is 11.1 Å². The summed E-state index contributed by atoms with van der Waals surface area (Å²) in [4.78, 5) is 8.09. The van der Waals surface area contributed by atoms with Gasteiger partial charge in [0.1, 0.15) is 18.0 Å². The number of aromatic nitrogens is 2. The summed E-state index contributed by atoms with van der Waals surface area (Å²) < 4.78 is 50.0. The predicted molar refractivity (Wildman–Crippen MR) is 96.7 cm³/mol. The van der Waals surface area contributed by atoms with Crippen molar-refractivity contribution in [3.63, 3.8) is 0 Å². The number of hydrogen-bond acceptors (Lipinski definition) is 6. The van der Waals surface area contributed by atoms with E-state index < -0.39 is 11.7 Å². The van der Waals surface area contributed by atoms with Crippen LogP contribution in [-0.4, -0.2) is 16.8 Å². The number of ether oxygens (including phenoxy) is 2. The van der Waals surface area contributed by atoms with Gasteiger partial charge >= 0.3 is 6.18 Å². The quantitative estimate of drug-likeness (QED) is 0.667. The van der Waals surface area contributed by atoms with Crippen LogP contribution in [0.25, 0.3) is 0 Å². The third-order valence-corrected chi connectivity index (χ3v) is 4.07. The van der Waals surface area contributed by atoms with Gasteiger partial charge in [-0.2, -0.15) is 13.2 Å². The molecular weight excluding hydrogens is 373 g/mol. The molecule has 144 valence electrons. The molecule has 0 radical (unpaired) electrons. The summed E-state index contributed by atoms with van der Waals surface area (Å²) in [5.41, 5.74) is 0.110. The molecule has 1 aromatic heterocycles. The second-order valence-electron chi connectivity index (χ2n) is 6.00. The molecule has 2 N–H and O–H groups in total. The SMILES string of the molecule is FC(F)(F)c1ccccc1Nc1cc(NCc2ccc3c(c2)OCO3)ncn1. The molecule has 0 saturated heterocycles. The van der Waals surface area contributed by atoms with E-state index in [1.807, 2.05) is 18.2 Å². The molecule has 0 bridgehead atoms. The second-order valence-corrected chi connectivity index (χ2v) is 6.00. The number of alkyl halides is 3. The highest BCUT2D eigenvalue weighted by molar-refractivity contribution is 5.63. The summed E-state index contributed by atoms with van der Waals surface area (Å²) in [6, 6.07) is 12.3. The molecule has 2 aromatic carbocycles. The number of hydrogen-bond donors (Lipinski definition) is 2. The molecule has 0 fully saturated rings. The molecule has 0 saturated carbocycles. The number of para-hydroxylation sites is 1. The second kappa shape index (κ2) is 7.26. The van der Waals surface area contributed by atoms with E-state index in [4.69, 9.17) is 9.47 Å². The number of anilines is 3. The molecule has 9 heteroatoms. The average molecular weight is 388 g/mol. The van der Waals surface area contributed by atoms with E-state index in [1.165, 1.54) is 24.5 Å². The summed E-state index contributed by atoms with van der Waals surface area (Å²) in [5, 5.41) is 5.82. The van der Waals surface area contributed by atoms with Gasteiger partial charge in [-0.25, -0.2) is 9.97 Å². The van der Waals surface area contributed by atoms with Gasteiger partial charge in [-0.05, 0) is 29.8 Å². The number of nitrogens with one attached hydrogen (secondary N) is 2. The Bertz CT molecular complexity index is 995. The van der Waals surface area contributed by atoms with Gasteiger partial charge in [-0.1, -0.05) is 18.2 Å². The Morgan fingerprint density at radius 1 is 0.929 bits per heavy atom. The highest BCUT2D eigenvalue weighted by Crippen LogP contribution is 2.36. The van der Waals surface area contributed by atoms with Crippen molar-refractivity contribution in [1.29, 1.82) is 0 Å². The Balaban J connectivity index is 1.47. The first-order valence-electron chi connectivity index (χ1n) is 8.37. The molecule has 0 atom stereocenters. The third kappa shape index (κ3) is 3.93. The molecule has 0 aliphatic carbocycles. The topological polar surface area (TPSA) is 68.3 Å². The van der Waals surface area contributed by atoms with Crippen LogP contribution >= 0.6 is 0 Å². The largest absolute Gasteiger partial charge is 0.454 e. The van der Waals surface area contributed by atoms with Crippen LogP contribution in [0.4, 0.5) is 30.5 Å².